The molecule has 0 aliphatic rings. The topological polar surface area (TPSA) is 92.7 Å². The Kier molecular flexibility index (Phi) is 8.38. The van der Waals surface area contributed by atoms with Crippen LogP contribution in [0, 0.1) is 0 Å². The fourth-order valence-corrected chi connectivity index (χ4v) is 4.25. The molecule has 1 unspecified atom stereocenters. The monoisotopic (exact) mass is 447 g/mol. The predicted molar refractivity (Wildman–Crippen MR) is 83.3 cm³/mol. The minimum Gasteiger partial charge on any atom is -0.748 e. The van der Waals surface area contributed by atoms with Crippen LogP contribution in [0.5, 0.6) is 0 Å². The number of rotatable bonds is 9. The minimum atomic E-state index is -6.35. The lowest BCUT2D eigenvalue weighted by molar-refractivity contribution is -0.361. The zero-order valence-corrected chi connectivity index (χ0v) is 16.8. The van der Waals surface area contributed by atoms with E-state index in [0.29, 0.717) is 0 Å². The molecule has 6 nitrogen and oxygen atoms in total. The van der Waals surface area contributed by atoms with Crippen molar-refractivity contribution in [1.29, 1.82) is 0 Å². The molecular formula is C13H21F6O6SSi-. The van der Waals surface area contributed by atoms with E-state index in [1.54, 1.807) is 6.92 Å². The highest BCUT2D eigenvalue weighted by atomic mass is 32.2. The summed E-state index contributed by atoms with van der Waals surface area (Å²) in [6.07, 6.45) is -13.3. The van der Waals surface area contributed by atoms with Crippen LogP contribution >= 0.6 is 0 Å². The van der Waals surface area contributed by atoms with Crippen LogP contribution < -0.4 is 0 Å². The highest BCUT2D eigenvalue weighted by molar-refractivity contribution is 7.85. The first-order chi connectivity index (χ1) is 11.8. The van der Waals surface area contributed by atoms with E-state index in [9.17, 15) is 44.1 Å². The summed E-state index contributed by atoms with van der Waals surface area (Å²) in [7, 11) is -6.68. The second-order valence-electron chi connectivity index (χ2n) is 6.60. The van der Waals surface area contributed by atoms with E-state index in [1.807, 2.05) is 13.1 Å². The van der Waals surface area contributed by atoms with Gasteiger partial charge in [0.25, 0.3) is 0 Å². The maximum absolute atomic E-state index is 13.0. The molecule has 0 aromatic rings. The van der Waals surface area contributed by atoms with Crippen molar-refractivity contribution in [1.82, 2.24) is 0 Å². The summed E-state index contributed by atoms with van der Waals surface area (Å²) in [5, 5.41) is 0. The number of hydrogen-bond donors (Lipinski definition) is 0. The maximum atomic E-state index is 13.0. The number of ether oxygens (including phenoxy) is 1. The molecule has 0 radical (unpaired) electrons. The number of alkyl halides is 6. The second kappa shape index (κ2) is 8.65. The molecule has 0 heterocycles. The molecule has 0 rings (SSSR count). The van der Waals surface area contributed by atoms with Crippen molar-refractivity contribution in [3.05, 3.63) is 0 Å². The normalized spacial score (nSPS) is 15.5. The molecule has 0 aliphatic heterocycles. The quantitative estimate of drug-likeness (QED) is 0.233. The van der Waals surface area contributed by atoms with E-state index in [0.717, 1.165) is 0 Å². The zero-order valence-electron chi connectivity index (χ0n) is 15.0. The molecule has 0 aromatic heterocycles. The average molecular weight is 447 g/mol. The van der Waals surface area contributed by atoms with Crippen LogP contribution in [-0.2, 0) is 24.1 Å². The lowest BCUT2D eigenvalue weighted by atomic mass is 10.1. The van der Waals surface area contributed by atoms with Crippen molar-refractivity contribution in [3.8, 4) is 0 Å². The fraction of sp³-hybridized carbons (Fsp3) is 0.923. The van der Waals surface area contributed by atoms with Gasteiger partial charge in [-0.2, -0.15) is 26.3 Å². The molecule has 14 heteroatoms. The molecule has 0 bridgehead atoms. The minimum absolute atomic E-state index is 0.0627. The molecule has 0 aliphatic carbocycles. The Hall–Kier alpha value is -0.863. The number of halogens is 6. The van der Waals surface area contributed by atoms with E-state index in [-0.39, 0.29) is 18.4 Å². The lowest BCUT2D eigenvalue weighted by Crippen LogP contribution is -2.63. The van der Waals surface area contributed by atoms with Gasteiger partial charge in [0.05, 0.1) is 15.9 Å². The van der Waals surface area contributed by atoms with Gasteiger partial charge in [-0.15, -0.1) is 0 Å². The molecule has 0 N–H and O–H groups in total. The first-order valence-corrected chi connectivity index (χ1v) is 12.2. The summed E-state index contributed by atoms with van der Waals surface area (Å²) in [4.78, 5) is 11.6. The zero-order chi connectivity index (χ0) is 21.9. The van der Waals surface area contributed by atoms with E-state index < -0.39 is 54.5 Å². The van der Waals surface area contributed by atoms with Crippen molar-refractivity contribution >= 4 is 24.4 Å². The molecule has 162 valence electrons. The van der Waals surface area contributed by atoms with Gasteiger partial charge in [0.1, 0.15) is 0 Å². The SMILES string of the molecule is CO[Si](C)(C)C(C)CCCC(=O)OC(CS(=O)(=O)[O-])(C(F)(F)F)C(F)(F)F. The second-order valence-corrected chi connectivity index (χ2v) is 12.6. The molecule has 0 fully saturated rings. The van der Waals surface area contributed by atoms with Gasteiger partial charge in [0.2, 0.25) is 0 Å². The van der Waals surface area contributed by atoms with Crippen LogP contribution in [0.1, 0.15) is 26.2 Å². The third-order valence-corrected chi connectivity index (χ3v) is 8.79. The summed E-state index contributed by atoms with van der Waals surface area (Å²) in [6, 6.07) is 0. The Morgan fingerprint density at radius 3 is 1.89 bits per heavy atom. The molecule has 27 heavy (non-hydrogen) atoms. The van der Waals surface area contributed by atoms with Gasteiger partial charge in [0.15, 0.2) is 8.32 Å². The van der Waals surface area contributed by atoms with Crippen LogP contribution in [0.3, 0.4) is 0 Å². The Morgan fingerprint density at radius 1 is 1.11 bits per heavy atom. The molecule has 0 saturated heterocycles. The first kappa shape index (κ1) is 26.1. The van der Waals surface area contributed by atoms with Gasteiger partial charge in [-0.25, -0.2) is 8.42 Å². The van der Waals surface area contributed by atoms with Gasteiger partial charge in [-0.05, 0) is 25.1 Å². The van der Waals surface area contributed by atoms with E-state index in [1.165, 1.54) is 7.11 Å². The molecule has 0 aromatic carbocycles. The highest BCUT2D eigenvalue weighted by Gasteiger charge is 2.75. The molecular weight excluding hydrogens is 426 g/mol. The van der Waals surface area contributed by atoms with Crippen molar-refractivity contribution in [2.24, 2.45) is 0 Å². The van der Waals surface area contributed by atoms with Crippen LogP contribution in [0.4, 0.5) is 26.3 Å². The van der Waals surface area contributed by atoms with Crippen LogP contribution in [0.25, 0.3) is 0 Å². The smallest absolute Gasteiger partial charge is 0.438 e. The molecule has 0 spiro atoms. The van der Waals surface area contributed by atoms with Gasteiger partial charge in [-0.1, -0.05) is 13.3 Å². The Morgan fingerprint density at radius 2 is 1.56 bits per heavy atom. The van der Waals surface area contributed by atoms with Gasteiger partial charge in [-0.3, -0.25) is 4.79 Å². The summed E-state index contributed by atoms with van der Waals surface area (Å²) in [6.45, 7) is 5.45. The lowest BCUT2D eigenvalue weighted by Gasteiger charge is -2.37. The molecule has 0 saturated carbocycles. The largest absolute Gasteiger partial charge is 0.748 e. The Labute approximate surface area is 154 Å². The highest BCUT2D eigenvalue weighted by Crippen LogP contribution is 2.47. The summed E-state index contributed by atoms with van der Waals surface area (Å²) in [5.41, 5.74) is -5.48. The van der Waals surface area contributed by atoms with E-state index in [4.69, 9.17) is 4.43 Å². The van der Waals surface area contributed by atoms with Crippen molar-refractivity contribution in [2.75, 3.05) is 12.9 Å². The number of carbonyl (C=O) groups is 1. The van der Waals surface area contributed by atoms with Gasteiger partial charge >= 0.3 is 23.9 Å². The number of esters is 1. The van der Waals surface area contributed by atoms with Crippen molar-refractivity contribution in [2.45, 2.75) is 62.8 Å². The molecule has 1 atom stereocenters. The fourth-order valence-electron chi connectivity index (χ4n) is 2.07. The third-order valence-electron chi connectivity index (χ3n) is 4.31. The first-order valence-electron chi connectivity index (χ1n) is 7.63. The molecule has 0 amide bonds. The van der Waals surface area contributed by atoms with Crippen LogP contribution in [0.2, 0.25) is 18.6 Å². The average Bonchev–Trinajstić information content (AvgIpc) is 2.42. The Bertz CT molecular complexity index is 602. The third kappa shape index (κ3) is 7.23. The number of carbonyl (C=O) groups excluding carboxylic acids is 1. The van der Waals surface area contributed by atoms with Crippen LogP contribution in [-0.4, -0.2) is 58.1 Å². The van der Waals surface area contributed by atoms with Gasteiger partial charge < -0.3 is 13.7 Å². The predicted octanol–water partition coefficient (Wildman–Crippen LogP) is 3.35. The standard InChI is InChI=1S/C13H22F6O6SSi/c1-9(27(3,4)24-2)6-5-7-10(20)25-11(12(14,15)16,13(17,18)19)8-26(21,22)23/h9H,5-8H2,1-4H3,(H,21,22,23)/p-1. The van der Waals surface area contributed by atoms with Crippen LogP contribution in [0.15, 0.2) is 0 Å². The van der Waals surface area contributed by atoms with Crippen molar-refractivity contribution in [3.63, 3.8) is 0 Å². The van der Waals surface area contributed by atoms with Crippen molar-refractivity contribution < 1.29 is 53.3 Å². The summed E-state index contributed by atoms with van der Waals surface area (Å²) < 4.78 is 119. The maximum Gasteiger partial charge on any atom is 0.438 e. The summed E-state index contributed by atoms with van der Waals surface area (Å²) >= 11 is 0. The van der Waals surface area contributed by atoms with E-state index >= 15 is 0 Å². The van der Waals surface area contributed by atoms with Gasteiger partial charge in [0, 0.05) is 13.5 Å². The summed E-state index contributed by atoms with van der Waals surface area (Å²) in [5.74, 6) is -4.89. The van der Waals surface area contributed by atoms with E-state index in [2.05, 4.69) is 4.74 Å². The Balaban J connectivity index is 5.38. The number of hydrogen-bond acceptors (Lipinski definition) is 6.